The number of piperazine rings is 1. The van der Waals surface area contributed by atoms with E-state index in [-0.39, 0.29) is 0 Å². The predicted octanol–water partition coefficient (Wildman–Crippen LogP) is 2.56. The summed E-state index contributed by atoms with van der Waals surface area (Å²) < 4.78 is 0. The van der Waals surface area contributed by atoms with Gasteiger partial charge in [0.1, 0.15) is 5.78 Å². The summed E-state index contributed by atoms with van der Waals surface area (Å²) in [5.41, 5.74) is 1.41. The summed E-state index contributed by atoms with van der Waals surface area (Å²) in [4.78, 5) is 17.3. The van der Waals surface area contributed by atoms with Crippen LogP contribution in [0.2, 0.25) is 0 Å². The summed E-state index contributed by atoms with van der Waals surface area (Å²) in [6.07, 6.45) is 4.59. The molecule has 0 N–H and O–H groups in total. The predicted molar refractivity (Wildman–Crippen MR) is 87.5 cm³/mol. The first kappa shape index (κ1) is 14.4. The van der Waals surface area contributed by atoms with Crippen LogP contribution in [0.15, 0.2) is 30.3 Å². The average molecular weight is 298 g/mol. The molecule has 2 bridgehead atoms. The molecule has 4 rings (SSSR count). The lowest BCUT2D eigenvalue weighted by molar-refractivity contribution is -0.127. The summed E-state index contributed by atoms with van der Waals surface area (Å²) in [5, 5.41) is 0. The van der Waals surface area contributed by atoms with Crippen LogP contribution in [-0.2, 0) is 11.3 Å². The molecular formula is C19H26N2O. The van der Waals surface area contributed by atoms with Crippen LogP contribution >= 0.6 is 0 Å². The molecule has 0 radical (unpaired) electrons. The van der Waals surface area contributed by atoms with E-state index in [1.54, 1.807) is 0 Å². The first-order chi connectivity index (χ1) is 10.8. The van der Waals surface area contributed by atoms with Gasteiger partial charge in [-0.15, -0.1) is 0 Å². The molecule has 1 aromatic carbocycles. The maximum atomic E-state index is 12.0. The fourth-order valence-corrected chi connectivity index (χ4v) is 4.67. The second kappa shape index (κ2) is 6.13. The number of fused-ring (bicyclic) bond motifs is 2. The van der Waals surface area contributed by atoms with E-state index in [2.05, 4.69) is 40.1 Å². The lowest BCUT2D eigenvalue weighted by Crippen LogP contribution is -2.52. The van der Waals surface area contributed by atoms with E-state index in [4.69, 9.17) is 0 Å². The van der Waals surface area contributed by atoms with Gasteiger partial charge in [0.2, 0.25) is 0 Å². The van der Waals surface area contributed by atoms with Crippen LogP contribution < -0.4 is 0 Å². The molecule has 1 aromatic rings. The highest BCUT2D eigenvalue weighted by Crippen LogP contribution is 2.41. The zero-order valence-electron chi connectivity index (χ0n) is 13.3. The number of nitrogens with zero attached hydrogens (tertiary/aromatic N) is 2. The van der Waals surface area contributed by atoms with Crippen molar-refractivity contribution in [2.75, 3.05) is 26.2 Å². The molecule has 0 amide bonds. The van der Waals surface area contributed by atoms with Crippen LogP contribution in [0.4, 0.5) is 0 Å². The Morgan fingerprint density at radius 3 is 2.18 bits per heavy atom. The van der Waals surface area contributed by atoms with Crippen molar-refractivity contribution in [2.24, 2.45) is 11.8 Å². The first-order valence-corrected chi connectivity index (χ1v) is 8.83. The van der Waals surface area contributed by atoms with Crippen LogP contribution in [0.5, 0.6) is 0 Å². The van der Waals surface area contributed by atoms with E-state index in [9.17, 15) is 4.79 Å². The largest absolute Gasteiger partial charge is 0.299 e. The molecule has 1 saturated heterocycles. The van der Waals surface area contributed by atoms with E-state index >= 15 is 0 Å². The van der Waals surface area contributed by atoms with E-state index in [0.29, 0.717) is 23.7 Å². The highest BCUT2D eigenvalue weighted by Gasteiger charge is 2.43. The lowest BCUT2D eigenvalue weighted by atomic mass is 9.83. The summed E-state index contributed by atoms with van der Waals surface area (Å²) >= 11 is 0. The number of carbonyl (C=O) groups excluding carboxylic acids is 1. The molecule has 3 nitrogen and oxygen atoms in total. The third kappa shape index (κ3) is 2.84. The van der Waals surface area contributed by atoms with E-state index < -0.39 is 0 Å². The molecule has 1 heterocycles. The highest BCUT2D eigenvalue weighted by molar-refractivity contribution is 5.86. The van der Waals surface area contributed by atoms with Crippen LogP contribution in [0, 0.1) is 11.8 Å². The van der Waals surface area contributed by atoms with E-state index in [0.717, 1.165) is 45.3 Å². The molecule has 2 saturated carbocycles. The van der Waals surface area contributed by atoms with Crippen LogP contribution in [0.25, 0.3) is 0 Å². The molecule has 0 aromatic heterocycles. The summed E-state index contributed by atoms with van der Waals surface area (Å²) in [6.45, 7) is 5.74. The van der Waals surface area contributed by atoms with Crippen molar-refractivity contribution in [3.63, 3.8) is 0 Å². The Hall–Kier alpha value is -1.19. The van der Waals surface area contributed by atoms with Gasteiger partial charge in [0.05, 0.1) is 0 Å². The van der Waals surface area contributed by atoms with Gasteiger partial charge in [-0.1, -0.05) is 30.3 Å². The molecule has 3 heteroatoms. The Balaban J connectivity index is 1.30. The fraction of sp³-hybridized carbons (Fsp3) is 0.632. The van der Waals surface area contributed by atoms with Crippen LogP contribution in [0.3, 0.4) is 0 Å². The number of hydrogen-bond acceptors (Lipinski definition) is 3. The zero-order valence-corrected chi connectivity index (χ0v) is 13.3. The first-order valence-electron chi connectivity index (χ1n) is 8.83. The number of rotatable bonds is 3. The van der Waals surface area contributed by atoms with Crippen molar-refractivity contribution in [3.05, 3.63) is 35.9 Å². The second-order valence-corrected chi connectivity index (χ2v) is 7.30. The summed E-state index contributed by atoms with van der Waals surface area (Å²) in [5.74, 6) is 1.37. The average Bonchev–Trinajstić information content (AvgIpc) is 2.77. The Kier molecular flexibility index (Phi) is 4.01. The van der Waals surface area contributed by atoms with Crippen LogP contribution in [-0.4, -0.2) is 47.8 Å². The monoisotopic (exact) mass is 298 g/mol. The van der Waals surface area contributed by atoms with E-state index in [1.807, 2.05) is 0 Å². The Morgan fingerprint density at radius 2 is 1.55 bits per heavy atom. The minimum absolute atomic E-state index is 0.395. The Bertz CT molecular complexity index is 505. The maximum absolute atomic E-state index is 12.0. The van der Waals surface area contributed by atoms with E-state index in [1.165, 1.54) is 18.7 Å². The van der Waals surface area contributed by atoms with Gasteiger partial charge in [-0.3, -0.25) is 14.6 Å². The smallest absolute Gasteiger partial charge is 0.139 e. The highest BCUT2D eigenvalue weighted by atomic mass is 16.1. The molecule has 0 spiro atoms. The van der Waals surface area contributed by atoms with Crippen molar-refractivity contribution >= 4 is 5.78 Å². The third-order valence-corrected chi connectivity index (χ3v) is 5.95. The lowest BCUT2D eigenvalue weighted by Gasteiger charge is -2.42. The summed E-state index contributed by atoms with van der Waals surface area (Å²) in [7, 11) is 0. The Morgan fingerprint density at radius 1 is 0.909 bits per heavy atom. The van der Waals surface area contributed by atoms with Gasteiger partial charge in [-0.25, -0.2) is 0 Å². The SMILES string of the molecule is O=C1C2CCC1CC(N1CCN(Cc3ccccc3)CC1)C2. The molecule has 118 valence electrons. The molecule has 3 fully saturated rings. The van der Waals surface area contributed by atoms with Crippen molar-refractivity contribution in [3.8, 4) is 0 Å². The molecule has 2 aliphatic carbocycles. The van der Waals surface area contributed by atoms with Crippen molar-refractivity contribution in [1.82, 2.24) is 9.80 Å². The third-order valence-electron chi connectivity index (χ3n) is 5.95. The molecule has 2 unspecified atom stereocenters. The standard InChI is InChI=1S/C19H26N2O/c22-19-16-6-7-17(19)13-18(12-16)21-10-8-20(9-11-21)14-15-4-2-1-3-5-15/h1-5,16-18H,6-14H2. The number of Topliss-reactive ketones (excluding diaryl/α,β-unsaturated/α-hetero) is 1. The number of ketones is 1. The normalized spacial score (nSPS) is 33.3. The maximum Gasteiger partial charge on any atom is 0.139 e. The Labute approximate surface area is 133 Å². The molecule has 2 atom stereocenters. The number of benzene rings is 1. The minimum atomic E-state index is 0.395. The fourth-order valence-electron chi connectivity index (χ4n) is 4.67. The van der Waals surface area contributed by atoms with Gasteiger partial charge in [0, 0.05) is 50.6 Å². The number of carbonyl (C=O) groups is 1. The molecule has 22 heavy (non-hydrogen) atoms. The minimum Gasteiger partial charge on any atom is -0.299 e. The topological polar surface area (TPSA) is 23.6 Å². The van der Waals surface area contributed by atoms with Crippen molar-refractivity contribution < 1.29 is 4.79 Å². The molecular weight excluding hydrogens is 272 g/mol. The zero-order chi connectivity index (χ0) is 14.9. The van der Waals surface area contributed by atoms with Gasteiger partial charge >= 0.3 is 0 Å². The number of hydrogen-bond donors (Lipinski definition) is 0. The van der Waals surface area contributed by atoms with Crippen molar-refractivity contribution in [1.29, 1.82) is 0 Å². The molecule has 3 aliphatic rings. The molecule has 1 aliphatic heterocycles. The quantitative estimate of drug-likeness (QED) is 0.857. The second-order valence-electron chi connectivity index (χ2n) is 7.30. The van der Waals surface area contributed by atoms with Crippen molar-refractivity contribution in [2.45, 2.75) is 38.3 Å². The van der Waals surface area contributed by atoms with Gasteiger partial charge in [0.25, 0.3) is 0 Å². The summed E-state index contributed by atoms with van der Waals surface area (Å²) in [6, 6.07) is 11.4. The van der Waals surface area contributed by atoms with Gasteiger partial charge in [0.15, 0.2) is 0 Å². The van der Waals surface area contributed by atoms with Crippen LogP contribution in [0.1, 0.15) is 31.2 Å². The van der Waals surface area contributed by atoms with Gasteiger partial charge in [-0.05, 0) is 31.2 Å². The van der Waals surface area contributed by atoms with Gasteiger partial charge < -0.3 is 0 Å². The van der Waals surface area contributed by atoms with Gasteiger partial charge in [-0.2, -0.15) is 0 Å².